The highest BCUT2D eigenvalue weighted by Gasteiger charge is 2.20. The van der Waals surface area contributed by atoms with E-state index in [4.69, 9.17) is 0 Å². The van der Waals surface area contributed by atoms with Crippen LogP contribution in [0.5, 0.6) is 0 Å². The van der Waals surface area contributed by atoms with Gasteiger partial charge < -0.3 is 10.2 Å². The molecule has 0 aliphatic carbocycles. The zero-order valence-corrected chi connectivity index (χ0v) is 13.2. The highest BCUT2D eigenvalue weighted by molar-refractivity contribution is 5.73. The Labute approximate surface area is 135 Å². The summed E-state index contributed by atoms with van der Waals surface area (Å²) in [6.45, 7) is 3.36. The van der Waals surface area contributed by atoms with Crippen molar-refractivity contribution in [2.75, 3.05) is 18.0 Å². The van der Waals surface area contributed by atoms with E-state index in [9.17, 15) is 9.59 Å². The number of piperidine rings is 1. The Morgan fingerprint density at radius 2 is 1.83 bits per heavy atom. The topological polar surface area (TPSA) is 54.3 Å². The first-order valence-corrected chi connectivity index (χ1v) is 7.93. The molecule has 0 spiro atoms. The van der Waals surface area contributed by atoms with Crippen molar-refractivity contribution in [1.82, 2.24) is 9.88 Å². The van der Waals surface area contributed by atoms with Gasteiger partial charge in [-0.3, -0.25) is 14.2 Å². The summed E-state index contributed by atoms with van der Waals surface area (Å²) < 4.78 is 1.65. The highest BCUT2D eigenvalue weighted by Crippen LogP contribution is 2.22. The fraction of sp³-hybridized carbons (Fsp3) is 0.333. The van der Waals surface area contributed by atoms with Gasteiger partial charge in [0.15, 0.2) is 0 Å². The van der Waals surface area contributed by atoms with Crippen LogP contribution >= 0.6 is 0 Å². The summed E-state index contributed by atoms with van der Waals surface area (Å²) in [5, 5.41) is 2.99. The molecule has 23 heavy (non-hydrogen) atoms. The molecule has 2 heterocycles. The second-order valence-electron chi connectivity index (χ2n) is 5.89. The molecule has 2 aromatic rings. The molecule has 1 aliphatic heterocycles. The van der Waals surface area contributed by atoms with Gasteiger partial charge >= 0.3 is 0 Å². The lowest BCUT2D eigenvalue weighted by atomic mass is 10.0. The van der Waals surface area contributed by atoms with Crippen LogP contribution in [0.1, 0.15) is 19.8 Å². The first-order chi connectivity index (χ1) is 11.1. The summed E-state index contributed by atoms with van der Waals surface area (Å²) in [7, 11) is 0. The third kappa shape index (κ3) is 3.62. The van der Waals surface area contributed by atoms with Crippen LogP contribution in [-0.4, -0.2) is 29.6 Å². The highest BCUT2D eigenvalue weighted by atomic mass is 16.1. The molecule has 5 heteroatoms. The number of hydrogen-bond donors (Lipinski definition) is 1. The second kappa shape index (κ2) is 6.69. The largest absolute Gasteiger partial charge is 0.371 e. The zero-order valence-electron chi connectivity index (χ0n) is 13.2. The van der Waals surface area contributed by atoms with Crippen LogP contribution < -0.4 is 15.8 Å². The molecule has 0 atom stereocenters. The summed E-state index contributed by atoms with van der Waals surface area (Å²) in [6.07, 6.45) is 3.66. The molecule has 1 saturated heterocycles. The van der Waals surface area contributed by atoms with Crippen molar-refractivity contribution >= 4 is 11.6 Å². The lowest BCUT2D eigenvalue weighted by molar-refractivity contribution is -0.119. The molecule has 1 fully saturated rings. The summed E-state index contributed by atoms with van der Waals surface area (Å²) in [6, 6.07) is 13.5. The van der Waals surface area contributed by atoms with Crippen LogP contribution in [0.2, 0.25) is 0 Å². The van der Waals surface area contributed by atoms with Crippen LogP contribution in [0.3, 0.4) is 0 Å². The number of pyridine rings is 1. The quantitative estimate of drug-likeness (QED) is 0.942. The van der Waals surface area contributed by atoms with Gasteiger partial charge in [-0.15, -0.1) is 0 Å². The average molecular weight is 311 g/mol. The number of anilines is 1. The number of amides is 1. The second-order valence-corrected chi connectivity index (χ2v) is 5.89. The molecule has 0 bridgehead atoms. The van der Waals surface area contributed by atoms with E-state index in [2.05, 4.69) is 16.3 Å². The maximum Gasteiger partial charge on any atom is 0.255 e. The number of carbonyl (C=O) groups excluding carboxylic acids is 1. The van der Waals surface area contributed by atoms with Gasteiger partial charge in [-0.2, -0.15) is 0 Å². The molecule has 0 unspecified atom stereocenters. The Kier molecular flexibility index (Phi) is 4.46. The predicted octanol–water partition coefficient (Wildman–Crippen LogP) is 1.94. The Morgan fingerprint density at radius 1 is 1.09 bits per heavy atom. The van der Waals surface area contributed by atoms with Gasteiger partial charge in [0.05, 0.1) is 5.69 Å². The van der Waals surface area contributed by atoms with Crippen molar-refractivity contribution in [3.8, 4) is 5.69 Å². The molecule has 3 rings (SSSR count). The first-order valence-electron chi connectivity index (χ1n) is 7.93. The van der Waals surface area contributed by atoms with Crippen molar-refractivity contribution in [3.63, 3.8) is 0 Å². The van der Waals surface area contributed by atoms with E-state index >= 15 is 0 Å². The lowest BCUT2D eigenvalue weighted by Gasteiger charge is -2.34. The minimum Gasteiger partial charge on any atom is -0.371 e. The Balaban J connectivity index is 1.75. The van der Waals surface area contributed by atoms with E-state index in [1.54, 1.807) is 29.8 Å². The number of nitrogens with one attached hydrogen (secondary N) is 1. The Bertz CT molecular complexity index is 746. The number of aromatic nitrogens is 1. The molecule has 5 nitrogen and oxygen atoms in total. The standard InChI is InChI=1S/C18H21N3O2/c1-14(22)19-15-8-11-20(12-9-15)16-5-4-6-17(13-16)21-10-3-2-7-18(21)23/h2-7,10,13,15H,8-9,11-12H2,1H3,(H,19,22). The molecule has 1 aromatic heterocycles. The fourth-order valence-corrected chi connectivity index (χ4v) is 3.05. The van der Waals surface area contributed by atoms with Gasteiger partial charge in [0.25, 0.3) is 5.56 Å². The zero-order chi connectivity index (χ0) is 16.2. The molecule has 0 radical (unpaired) electrons. The molecule has 1 amide bonds. The van der Waals surface area contributed by atoms with Gasteiger partial charge in [0, 0.05) is 44.0 Å². The van der Waals surface area contributed by atoms with Gasteiger partial charge in [0.1, 0.15) is 0 Å². The molecule has 1 aliphatic rings. The molecule has 120 valence electrons. The molecule has 1 N–H and O–H groups in total. The van der Waals surface area contributed by atoms with Crippen molar-refractivity contribution < 1.29 is 4.79 Å². The van der Waals surface area contributed by atoms with Crippen molar-refractivity contribution in [3.05, 3.63) is 59.0 Å². The first kappa shape index (κ1) is 15.3. The predicted molar refractivity (Wildman–Crippen MR) is 91.1 cm³/mol. The Hall–Kier alpha value is -2.56. The van der Waals surface area contributed by atoms with E-state index < -0.39 is 0 Å². The minimum atomic E-state index is -0.0333. The number of rotatable bonds is 3. The van der Waals surface area contributed by atoms with Crippen LogP contribution in [0.15, 0.2) is 53.5 Å². The summed E-state index contributed by atoms with van der Waals surface area (Å²) >= 11 is 0. The van der Waals surface area contributed by atoms with Gasteiger partial charge in [-0.05, 0) is 37.1 Å². The maximum atomic E-state index is 12.0. The molecular weight excluding hydrogens is 290 g/mol. The average Bonchev–Trinajstić information content (AvgIpc) is 2.55. The van der Waals surface area contributed by atoms with Gasteiger partial charge in [-0.1, -0.05) is 12.1 Å². The third-order valence-corrected chi connectivity index (χ3v) is 4.20. The van der Waals surface area contributed by atoms with Crippen LogP contribution in [0.4, 0.5) is 5.69 Å². The van der Waals surface area contributed by atoms with E-state index in [0.717, 1.165) is 37.3 Å². The monoisotopic (exact) mass is 311 g/mol. The fourth-order valence-electron chi connectivity index (χ4n) is 3.05. The van der Waals surface area contributed by atoms with E-state index in [-0.39, 0.29) is 17.5 Å². The van der Waals surface area contributed by atoms with Crippen LogP contribution in [0.25, 0.3) is 5.69 Å². The number of hydrogen-bond acceptors (Lipinski definition) is 3. The number of benzene rings is 1. The summed E-state index contributed by atoms with van der Waals surface area (Å²) in [4.78, 5) is 25.4. The van der Waals surface area contributed by atoms with Gasteiger partial charge in [-0.25, -0.2) is 0 Å². The van der Waals surface area contributed by atoms with E-state index in [0.29, 0.717) is 0 Å². The number of nitrogens with zero attached hydrogens (tertiary/aromatic N) is 2. The SMILES string of the molecule is CC(=O)NC1CCN(c2cccc(-n3ccccc3=O)c2)CC1. The molecular formula is C18H21N3O2. The maximum absolute atomic E-state index is 12.0. The van der Waals surface area contributed by atoms with E-state index in [1.807, 2.05) is 24.3 Å². The van der Waals surface area contributed by atoms with E-state index in [1.165, 1.54) is 0 Å². The van der Waals surface area contributed by atoms with Crippen molar-refractivity contribution in [2.24, 2.45) is 0 Å². The summed E-state index contributed by atoms with van der Waals surface area (Å²) in [5.74, 6) is 0.0360. The van der Waals surface area contributed by atoms with Crippen molar-refractivity contribution in [2.45, 2.75) is 25.8 Å². The Morgan fingerprint density at radius 3 is 2.52 bits per heavy atom. The normalized spacial score (nSPS) is 15.4. The molecule has 1 aromatic carbocycles. The molecule has 0 saturated carbocycles. The van der Waals surface area contributed by atoms with Crippen LogP contribution in [-0.2, 0) is 4.79 Å². The third-order valence-electron chi connectivity index (χ3n) is 4.20. The van der Waals surface area contributed by atoms with Crippen molar-refractivity contribution in [1.29, 1.82) is 0 Å². The smallest absolute Gasteiger partial charge is 0.255 e. The van der Waals surface area contributed by atoms with Crippen LogP contribution in [0, 0.1) is 0 Å². The van der Waals surface area contributed by atoms with Gasteiger partial charge in [0.2, 0.25) is 5.91 Å². The lowest BCUT2D eigenvalue weighted by Crippen LogP contribution is -2.44. The number of carbonyl (C=O) groups is 1. The summed E-state index contributed by atoms with van der Waals surface area (Å²) in [5.41, 5.74) is 1.95. The minimum absolute atomic E-state index is 0.0333.